The first-order chi connectivity index (χ1) is 12.1. The molecular weight excluding hydrogens is 336 g/mol. The molecule has 2 rings (SSSR count). The highest BCUT2D eigenvalue weighted by Gasteiger charge is 2.09. The standard InChI is InChI=1S/C19H18N2O3S/c1-25-17-11-5-3-9-15(17)19(23)21-12-6-7-13-24-16-10-4-2-8-14(16)18(20)22/h2-5,8-11H,12-13H2,1H3,(H2,20,22)(H,21,23). The average Bonchev–Trinajstić information content (AvgIpc) is 2.64. The number of amides is 2. The van der Waals surface area contributed by atoms with Crippen LogP contribution >= 0.6 is 11.8 Å². The zero-order chi connectivity index (χ0) is 18.1. The molecule has 128 valence electrons. The van der Waals surface area contributed by atoms with Gasteiger partial charge in [-0.3, -0.25) is 9.59 Å². The van der Waals surface area contributed by atoms with Crippen LogP contribution in [0.15, 0.2) is 53.4 Å². The predicted molar refractivity (Wildman–Crippen MR) is 98.8 cm³/mol. The summed E-state index contributed by atoms with van der Waals surface area (Å²) in [5.74, 6) is 5.27. The molecule has 3 N–H and O–H groups in total. The maximum absolute atomic E-state index is 12.1. The number of benzene rings is 2. The summed E-state index contributed by atoms with van der Waals surface area (Å²) in [6, 6.07) is 14.1. The van der Waals surface area contributed by atoms with Crippen LogP contribution < -0.4 is 15.8 Å². The zero-order valence-electron chi connectivity index (χ0n) is 13.7. The van der Waals surface area contributed by atoms with Gasteiger partial charge in [0.1, 0.15) is 12.4 Å². The minimum Gasteiger partial charge on any atom is -0.480 e. The molecular formula is C19H18N2O3S. The van der Waals surface area contributed by atoms with Crippen molar-refractivity contribution in [3.8, 4) is 17.6 Å². The molecule has 0 aliphatic carbocycles. The average molecular weight is 354 g/mol. The molecule has 6 heteroatoms. The van der Waals surface area contributed by atoms with Crippen LogP contribution in [-0.2, 0) is 0 Å². The van der Waals surface area contributed by atoms with E-state index in [4.69, 9.17) is 10.5 Å². The third kappa shape index (κ3) is 5.30. The Morgan fingerprint density at radius 1 is 1.08 bits per heavy atom. The normalized spacial score (nSPS) is 9.64. The minimum atomic E-state index is -0.553. The fourth-order valence-electron chi connectivity index (χ4n) is 2.08. The van der Waals surface area contributed by atoms with E-state index in [1.165, 1.54) is 11.8 Å². The maximum Gasteiger partial charge on any atom is 0.253 e. The van der Waals surface area contributed by atoms with E-state index in [0.717, 1.165) is 4.90 Å². The van der Waals surface area contributed by atoms with Crippen LogP contribution in [0.25, 0.3) is 0 Å². The highest BCUT2D eigenvalue weighted by molar-refractivity contribution is 7.98. The Morgan fingerprint density at radius 2 is 1.76 bits per heavy atom. The Hall–Kier alpha value is -2.91. The molecule has 0 saturated heterocycles. The molecule has 5 nitrogen and oxygen atoms in total. The topological polar surface area (TPSA) is 81.4 Å². The van der Waals surface area contributed by atoms with Crippen LogP contribution in [0.3, 0.4) is 0 Å². The maximum atomic E-state index is 12.1. The van der Waals surface area contributed by atoms with Gasteiger partial charge in [-0.1, -0.05) is 36.1 Å². The van der Waals surface area contributed by atoms with Crippen LogP contribution in [0.2, 0.25) is 0 Å². The molecule has 0 bridgehead atoms. The first kappa shape index (κ1) is 18.4. The van der Waals surface area contributed by atoms with Gasteiger partial charge in [0, 0.05) is 4.90 Å². The van der Waals surface area contributed by atoms with E-state index in [9.17, 15) is 9.59 Å². The van der Waals surface area contributed by atoms with Crippen molar-refractivity contribution in [1.29, 1.82) is 0 Å². The summed E-state index contributed by atoms with van der Waals surface area (Å²) in [5, 5.41) is 2.75. The van der Waals surface area contributed by atoms with Gasteiger partial charge in [-0.15, -0.1) is 11.8 Å². The highest BCUT2D eigenvalue weighted by atomic mass is 32.2. The first-order valence-electron chi connectivity index (χ1n) is 7.52. The third-order valence-electron chi connectivity index (χ3n) is 3.27. The molecule has 0 aromatic heterocycles. The summed E-state index contributed by atoms with van der Waals surface area (Å²) in [6.07, 6.45) is 1.92. The molecule has 0 spiro atoms. The van der Waals surface area contributed by atoms with Crippen molar-refractivity contribution in [3.63, 3.8) is 0 Å². The summed E-state index contributed by atoms with van der Waals surface area (Å²) < 4.78 is 5.44. The van der Waals surface area contributed by atoms with Crippen molar-refractivity contribution in [2.45, 2.75) is 4.90 Å². The second-order valence-electron chi connectivity index (χ2n) is 4.89. The van der Waals surface area contributed by atoms with Gasteiger partial charge in [0.05, 0.1) is 17.7 Å². The number of nitrogens with one attached hydrogen (secondary N) is 1. The molecule has 2 aromatic rings. The molecule has 0 radical (unpaired) electrons. The number of nitrogens with two attached hydrogens (primary N) is 1. The summed E-state index contributed by atoms with van der Waals surface area (Å²) >= 11 is 1.52. The number of para-hydroxylation sites is 1. The number of hydrogen-bond donors (Lipinski definition) is 2. The van der Waals surface area contributed by atoms with Gasteiger partial charge in [0.15, 0.2) is 0 Å². The van der Waals surface area contributed by atoms with Crippen molar-refractivity contribution in [2.24, 2.45) is 5.73 Å². The summed E-state index contributed by atoms with van der Waals surface area (Å²) in [4.78, 5) is 24.3. The Morgan fingerprint density at radius 3 is 2.48 bits per heavy atom. The molecule has 2 amide bonds. The Balaban J connectivity index is 1.84. The number of hydrogen-bond acceptors (Lipinski definition) is 4. The van der Waals surface area contributed by atoms with Crippen molar-refractivity contribution in [1.82, 2.24) is 5.32 Å². The lowest BCUT2D eigenvalue weighted by Crippen LogP contribution is -2.24. The number of primary amides is 1. The number of ether oxygens (including phenoxy) is 1. The molecule has 2 aromatic carbocycles. The Bertz CT molecular complexity index is 825. The van der Waals surface area contributed by atoms with Crippen LogP contribution in [0, 0.1) is 11.8 Å². The van der Waals surface area contributed by atoms with Gasteiger partial charge in [0.25, 0.3) is 11.8 Å². The molecule has 0 atom stereocenters. The lowest BCUT2D eigenvalue weighted by Gasteiger charge is -2.06. The second-order valence-corrected chi connectivity index (χ2v) is 5.73. The van der Waals surface area contributed by atoms with E-state index in [2.05, 4.69) is 17.2 Å². The van der Waals surface area contributed by atoms with Crippen molar-refractivity contribution in [2.75, 3.05) is 19.4 Å². The smallest absolute Gasteiger partial charge is 0.253 e. The zero-order valence-corrected chi connectivity index (χ0v) is 14.6. The van der Waals surface area contributed by atoms with Crippen LogP contribution in [0.1, 0.15) is 20.7 Å². The van der Waals surface area contributed by atoms with Gasteiger partial charge < -0.3 is 15.8 Å². The Kier molecular flexibility index (Phi) is 6.93. The molecule has 0 heterocycles. The van der Waals surface area contributed by atoms with E-state index in [1.54, 1.807) is 30.3 Å². The number of carbonyl (C=O) groups is 2. The number of carbonyl (C=O) groups excluding carboxylic acids is 2. The van der Waals surface area contributed by atoms with Gasteiger partial charge in [-0.2, -0.15) is 0 Å². The third-order valence-corrected chi connectivity index (χ3v) is 4.06. The molecule has 0 aliphatic heterocycles. The molecule has 0 fully saturated rings. The van der Waals surface area contributed by atoms with Gasteiger partial charge in [-0.25, -0.2) is 0 Å². The quantitative estimate of drug-likeness (QED) is 0.616. The SMILES string of the molecule is CSc1ccccc1C(=O)NCC#CCOc1ccccc1C(N)=O. The van der Waals surface area contributed by atoms with E-state index < -0.39 is 5.91 Å². The van der Waals surface area contributed by atoms with Crippen LogP contribution in [0.4, 0.5) is 0 Å². The minimum absolute atomic E-state index is 0.0988. The van der Waals surface area contributed by atoms with Gasteiger partial charge in [0.2, 0.25) is 0 Å². The summed E-state index contributed by atoms with van der Waals surface area (Å²) in [5.41, 5.74) is 6.21. The van der Waals surface area contributed by atoms with Gasteiger partial charge >= 0.3 is 0 Å². The second kappa shape index (κ2) is 9.40. The molecule has 0 aliphatic rings. The molecule has 25 heavy (non-hydrogen) atoms. The van der Waals surface area contributed by atoms with Crippen LogP contribution in [-0.4, -0.2) is 31.2 Å². The van der Waals surface area contributed by atoms with Gasteiger partial charge in [-0.05, 0) is 30.5 Å². The largest absolute Gasteiger partial charge is 0.480 e. The lowest BCUT2D eigenvalue weighted by molar-refractivity contribution is 0.0954. The van der Waals surface area contributed by atoms with Crippen molar-refractivity contribution < 1.29 is 14.3 Å². The molecule has 0 unspecified atom stereocenters. The monoisotopic (exact) mass is 354 g/mol. The predicted octanol–water partition coefficient (Wildman–Crippen LogP) is 2.32. The van der Waals surface area contributed by atoms with E-state index in [-0.39, 0.29) is 19.1 Å². The fraction of sp³-hybridized carbons (Fsp3) is 0.158. The fourth-order valence-corrected chi connectivity index (χ4v) is 2.67. The highest BCUT2D eigenvalue weighted by Crippen LogP contribution is 2.19. The first-order valence-corrected chi connectivity index (χ1v) is 8.74. The number of rotatable bonds is 6. The van der Waals surface area contributed by atoms with E-state index in [0.29, 0.717) is 16.9 Å². The summed E-state index contributed by atoms with van der Waals surface area (Å²) in [6.45, 7) is 0.309. The number of thioether (sulfide) groups is 1. The van der Waals surface area contributed by atoms with Crippen molar-refractivity contribution >= 4 is 23.6 Å². The Labute approximate surface area is 150 Å². The van der Waals surface area contributed by atoms with Crippen LogP contribution in [0.5, 0.6) is 5.75 Å². The molecule has 0 saturated carbocycles. The van der Waals surface area contributed by atoms with Crippen molar-refractivity contribution in [3.05, 3.63) is 59.7 Å². The lowest BCUT2D eigenvalue weighted by atomic mass is 10.2. The summed E-state index contributed by atoms with van der Waals surface area (Å²) in [7, 11) is 0. The van der Waals surface area contributed by atoms with E-state index >= 15 is 0 Å². The van der Waals surface area contributed by atoms with E-state index in [1.807, 2.05) is 24.5 Å².